The number of fused-ring (bicyclic) bond motifs is 2. The van der Waals surface area contributed by atoms with Gasteiger partial charge < -0.3 is 10.1 Å². The van der Waals surface area contributed by atoms with Crippen molar-refractivity contribution < 1.29 is 4.74 Å². The summed E-state index contributed by atoms with van der Waals surface area (Å²) in [4.78, 5) is 0. The second-order valence-electron chi connectivity index (χ2n) is 4.36. The monoisotopic (exact) mass is 279 g/mol. The highest BCUT2D eigenvalue weighted by Crippen LogP contribution is 2.36. The SMILES string of the molecule is BrC1=C[C@@H]2C[C@@H](NCc3ccccc3)[C@H]1O2. The zero-order chi connectivity index (χ0) is 11.0. The third-order valence-corrected chi connectivity index (χ3v) is 3.92. The van der Waals surface area contributed by atoms with Crippen molar-refractivity contribution in [2.75, 3.05) is 0 Å². The van der Waals surface area contributed by atoms with Crippen molar-refractivity contribution in [3.05, 3.63) is 46.5 Å². The number of rotatable bonds is 3. The van der Waals surface area contributed by atoms with E-state index < -0.39 is 0 Å². The molecule has 0 amide bonds. The molecular formula is C13H14BrNO. The highest BCUT2D eigenvalue weighted by molar-refractivity contribution is 9.11. The Morgan fingerprint density at radius 2 is 2.12 bits per heavy atom. The average molecular weight is 280 g/mol. The van der Waals surface area contributed by atoms with Gasteiger partial charge >= 0.3 is 0 Å². The molecule has 0 aromatic heterocycles. The van der Waals surface area contributed by atoms with Gasteiger partial charge in [-0.2, -0.15) is 0 Å². The molecule has 0 saturated carbocycles. The highest BCUT2D eigenvalue weighted by atomic mass is 79.9. The summed E-state index contributed by atoms with van der Waals surface area (Å²) in [7, 11) is 0. The van der Waals surface area contributed by atoms with Gasteiger partial charge in [0.05, 0.1) is 6.10 Å². The van der Waals surface area contributed by atoms with Gasteiger partial charge in [0.2, 0.25) is 0 Å². The van der Waals surface area contributed by atoms with Crippen LogP contribution >= 0.6 is 15.9 Å². The second-order valence-corrected chi connectivity index (χ2v) is 5.27. The molecule has 1 fully saturated rings. The van der Waals surface area contributed by atoms with Crippen LogP contribution in [0.15, 0.2) is 40.9 Å². The predicted molar refractivity (Wildman–Crippen MR) is 67.4 cm³/mol. The molecule has 0 radical (unpaired) electrons. The minimum absolute atomic E-state index is 0.230. The summed E-state index contributed by atoms with van der Waals surface area (Å²) in [5.74, 6) is 0. The van der Waals surface area contributed by atoms with Crippen molar-refractivity contribution in [1.29, 1.82) is 0 Å². The Labute approximate surface area is 104 Å². The zero-order valence-electron chi connectivity index (χ0n) is 8.90. The van der Waals surface area contributed by atoms with Gasteiger partial charge in [0.15, 0.2) is 0 Å². The minimum atomic E-state index is 0.230. The van der Waals surface area contributed by atoms with Crippen molar-refractivity contribution in [2.24, 2.45) is 0 Å². The van der Waals surface area contributed by atoms with Crippen molar-refractivity contribution >= 4 is 15.9 Å². The molecule has 2 bridgehead atoms. The number of hydrogen-bond donors (Lipinski definition) is 1. The van der Waals surface area contributed by atoms with Crippen LogP contribution in [0.3, 0.4) is 0 Å². The minimum Gasteiger partial charge on any atom is -0.364 e. The molecule has 3 heteroatoms. The Balaban J connectivity index is 1.60. The van der Waals surface area contributed by atoms with Crippen LogP contribution in [0, 0.1) is 0 Å². The van der Waals surface area contributed by atoms with E-state index in [0.29, 0.717) is 12.1 Å². The third-order valence-electron chi connectivity index (χ3n) is 3.20. The van der Waals surface area contributed by atoms with Gasteiger partial charge in [0.1, 0.15) is 6.10 Å². The van der Waals surface area contributed by atoms with Crippen LogP contribution in [0.1, 0.15) is 12.0 Å². The van der Waals surface area contributed by atoms with Crippen molar-refractivity contribution in [2.45, 2.75) is 31.2 Å². The van der Waals surface area contributed by atoms with Gasteiger partial charge in [0.25, 0.3) is 0 Å². The van der Waals surface area contributed by atoms with E-state index in [1.807, 2.05) is 6.07 Å². The molecule has 0 unspecified atom stereocenters. The molecular weight excluding hydrogens is 266 g/mol. The molecule has 2 nitrogen and oxygen atoms in total. The summed E-state index contributed by atoms with van der Waals surface area (Å²) < 4.78 is 6.99. The molecule has 16 heavy (non-hydrogen) atoms. The van der Waals surface area contributed by atoms with E-state index >= 15 is 0 Å². The first-order valence-electron chi connectivity index (χ1n) is 5.63. The van der Waals surface area contributed by atoms with Crippen molar-refractivity contribution in [1.82, 2.24) is 5.32 Å². The fourth-order valence-corrected chi connectivity index (χ4v) is 3.11. The Morgan fingerprint density at radius 3 is 2.81 bits per heavy atom. The molecule has 3 atom stereocenters. The molecule has 1 saturated heterocycles. The third kappa shape index (κ3) is 1.95. The second kappa shape index (κ2) is 4.32. The number of benzene rings is 1. The maximum Gasteiger partial charge on any atom is 0.105 e. The lowest BCUT2D eigenvalue weighted by atomic mass is 10.0. The van der Waals surface area contributed by atoms with Crippen LogP contribution in [-0.2, 0) is 11.3 Å². The normalized spacial score (nSPS) is 31.8. The summed E-state index contributed by atoms with van der Waals surface area (Å²) >= 11 is 3.56. The molecule has 1 aromatic carbocycles. The molecule has 1 aromatic rings. The van der Waals surface area contributed by atoms with Gasteiger partial charge in [-0.05, 0) is 18.1 Å². The van der Waals surface area contributed by atoms with E-state index in [0.717, 1.165) is 13.0 Å². The van der Waals surface area contributed by atoms with Crippen LogP contribution in [-0.4, -0.2) is 18.2 Å². The van der Waals surface area contributed by atoms with Gasteiger partial charge in [-0.1, -0.05) is 46.3 Å². The zero-order valence-corrected chi connectivity index (χ0v) is 10.5. The van der Waals surface area contributed by atoms with Crippen LogP contribution < -0.4 is 5.32 Å². The first-order chi connectivity index (χ1) is 7.83. The maximum absolute atomic E-state index is 5.78. The lowest BCUT2D eigenvalue weighted by molar-refractivity contribution is 0.112. The summed E-state index contributed by atoms with van der Waals surface area (Å²) in [5, 5.41) is 3.56. The van der Waals surface area contributed by atoms with Crippen LogP contribution in [0.4, 0.5) is 0 Å². The summed E-state index contributed by atoms with van der Waals surface area (Å²) in [6, 6.07) is 10.9. The molecule has 1 N–H and O–H groups in total. The lowest BCUT2D eigenvalue weighted by Crippen LogP contribution is -2.36. The quantitative estimate of drug-likeness (QED) is 0.919. The first kappa shape index (κ1) is 10.5. The predicted octanol–water partition coefficient (Wildman–Crippen LogP) is 2.59. The van der Waals surface area contributed by atoms with E-state index in [2.05, 4.69) is 51.6 Å². The number of halogens is 1. The van der Waals surface area contributed by atoms with Crippen LogP contribution in [0.5, 0.6) is 0 Å². The van der Waals surface area contributed by atoms with E-state index in [4.69, 9.17) is 4.74 Å². The maximum atomic E-state index is 5.78. The van der Waals surface area contributed by atoms with Crippen LogP contribution in [0.25, 0.3) is 0 Å². The van der Waals surface area contributed by atoms with Crippen molar-refractivity contribution in [3.8, 4) is 0 Å². The van der Waals surface area contributed by atoms with Crippen LogP contribution in [0.2, 0.25) is 0 Å². The Kier molecular flexibility index (Phi) is 2.84. The molecule has 0 aliphatic carbocycles. The van der Waals surface area contributed by atoms with E-state index in [1.165, 1.54) is 10.0 Å². The van der Waals surface area contributed by atoms with Crippen molar-refractivity contribution in [3.63, 3.8) is 0 Å². The van der Waals surface area contributed by atoms with Gasteiger partial charge in [0, 0.05) is 17.1 Å². The summed E-state index contributed by atoms with van der Waals surface area (Å²) in [5.41, 5.74) is 1.32. The van der Waals surface area contributed by atoms with E-state index in [-0.39, 0.29) is 6.10 Å². The largest absolute Gasteiger partial charge is 0.364 e. The molecule has 2 aliphatic heterocycles. The fourth-order valence-electron chi connectivity index (χ4n) is 2.38. The summed E-state index contributed by atoms with van der Waals surface area (Å²) in [6.45, 7) is 0.915. The van der Waals surface area contributed by atoms with Gasteiger partial charge in [-0.15, -0.1) is 0 Å². The van der Waals surface area contributed by atoms with E-state index in [9.17, 15) is 0 Å². The summed E-state index contributed by atoms with van der Waals surface area (Å²) in [6.07, 6.45) is 3.80. The number of hydrogen-bond acceptors (Lipinski definition) is 2. The Morgan fingerprint density at radius 1 is 1.31 bits per heavy atom. The average Bonchev–Trinajstić information content (AvgIpc) is 2.86. The van der Waals surface area contributed by atoms with E-state index in [1.54, 1.807) is 0 Å². The fraction of sp³-hybridized carbons (Fsp3) is 0.385. The molecule has 2 aliphatic rings. The molecule has 0 spiro atoms. The number of nitrogens with one attached hydrogen (secondary N) is 1. The topological polar surface area (TPSA) is 21.3 Å². The van der Waals surface area contributed by atoms with Gasteiger partial charge in [-0.3, -0.25) is 0 Å². The number of ether oxygens (including phenoxy) is 1. The Hall–Kier alpha value is -0.640. The molecule has 84 valence electrons. The smallest absolute Gasteiger partial charge is 0.105 e. The molecule has 3 rings (SSSR count). The lowest BCUT2D eigenvalue weighted by Gasteiger charge is -2.19. The first-order valence-corrected chi connectivity index (χ1v) is 6.42. The molecule has 2 heterocycles. The standard InChI is InChI=1S/C13H14BrNO/c14-11-6-10-7-12(13(11)16-10)15-8-9-4-2-1-3-5-9/h1-6,10,12-13,15H,7-8H2/t10-,12-,13+/m1/s1. The van der Waals surface area contributed by atoms with Gasteiger partial charge in [-0.25, -0.2) is 0 Å². The highest BCUT2D eigenvalue weighted by Gasteiger charge is 2.40. The Bertz CT molecular complexity index is 404.